The molecular formula is C8H9BrClN. The van der Waals surface area contributed by atoms with E-state index in [0.29, 0.717) is 0 Å². The van der Waals surface area contributed by atoms with Gasteiger partial charge in [-0.05, 0) is 24.7 Å². The van der Waals surface area contributed by atoms with Gasteiger partial charge in [0.2, 0.25) is 0 Å². The van der Waals surface area contributed by atoms with Gasteiger partial charge in [0.15, 0.2) is 0 Å². The van der Waals surface area contributed by atoms with Crippen LogP contribution in [0.3, 0.4) is 0 Å². The second kappa shape index (κ2) is 4.10. The summed E-state index contributed by atoms with van der Waals surface area (Å²) in [7, 11) is 1.92. The molecule has 0 saturated carbocycles. The number of hydrogen-bond donors (Lipinski definition) is 1. The molecule has 0 atom stereocenters. The molecule has 0 amide bonds. The lowest BCUT2D eigenvalue weighted by molar-refractivity contribution is 0.814. The van der Waals surface area contributed by atoms with Crippen molar-refractivity contribution in [2.45, 2.75) is 6.54 Å². The maximum Gasteiger partial charge on any atom is 0.0417 e. The van der Waals surface area contributed by atoms with Crippen molar-refractivity contribution in [2.75, 3.05) is 7.05 Å². The molecule has 1 N–H and O–H groups in total. The molecule has 60 valence electrons. The van der Waals surface area contributed by atoms with Crippen LogP contribution in [0.15, 0.2) is 22.7 Å². The van der Waals surface area contributed by atoms with Crippen LogP contribution >= 0.6 is 27.5 Å². The zero-order valence-corrected chi connectivity index (χ0v) is 8.54. The third-order valence-electron chi connectivity index (χ3n) is 1.38. The van der Waals surface area contributed by atoms with E-state index < -0.39 is 0 Å². The van der Waals surface area contributed by atoms with Gasteiger partial charge in [0, 0.05) is 16.0 Å². The van der Waals surface area contributed by atoms with Crippen LogP contribution in [0.2, 0.25) is 5.02 Å². The van der Waals surface area contributed by atoms with E-state index in [0.717, 1.165) is 16.0 Å². The molecule has 11 heavy (non-hydrogen) atoms. The van der Waals surface area contributed by atoms with Crippen molar-refractivity contribution in [3.8, 4) is 0 Å². The van der Waals surface area contributed by atoms with E-state index in [1.165, 1.54) is 5.56 Å². The maximum atomic E-state index is 5.77. The summed E-state index contributed by atoms with van der Waals surface area (Å²) in [6.45, 7) is 0.859. The lowest BCUT2D eigenvalue weighted by Crippen LogP contribution is -2.05. The van der Waals surface area contributed by atoms with Gasteiger partial charge in [-0.15, -0.1) is 0 Å². The Kier molecular flexibility index (Phi) is 3.37. The minimum absolute atomic E-state index is 0.761. The van der Waals surface area contributed by atoms with E-state index in [2.05, 4.69) is 21.2 Å². The number of halogens is 2. The molecule has 0 spiro atoms. The highest BCUT2D eigenvalue weighted by molar-refractivity contribution is 9.10. The van der Waals surface area contributed by atoms with Crippen LogP contribution in [0.25, 0.3) is 0 Å². The van der Waals surface area contributed by atoms with E-state index in [1.807, 2.05) is 25.2 Å². The fourth-order valence-electron chi connectivity index (χ4n) is 0.855. The Morgan fingerprint density at radius 3 is 2.82 bits per heavy atom. The molecule has 1 rings (SSSR count). The summed E-state index contributed by atoms with van der Waals surface area (Å²) in [4.78, 5) is 0. The zero-order chi connectivity index (χ0) is 8.27. The molecule has 0 fully saturated rings. The normalized spacial score (nSPS) is 10.1. The Morgan fingerprint density at radius 2 is 2.27 bits per heavy atom. The summed E-state index contributed by atoms with van der Waals surface area (Å²) < 4.78 is 1.05. The molecular weight excluding hydrogens is 225 g/mol. The summed E-state index contributed by atoms with van der Waals surface area (Å²) in [5, 5.41) is 3.83. The fourth-order valence-corrected chi connectivity index (χ4v) is 1.68. The maximum absolute atomic E-state index is 5.77. The predicted octanol–water partition coefficient (Wildman–Crippen LogP) is 2.82. The van der Waals surface area contributed by atoms with Crippen molar-refractivity contribution in [1.82, 2.24) is 5.32 Å². The Labute approximate surface area is 79.9 Å². The monoisotopic (exact) mass is 233 g/mol. The first kappa shape index (κ1) is 9.04. The summed E-state index contributed by atoms with van der Waals surface area (Å²) in [5.74, 6) is 0. The average Bonchev–Trinajstić information content (AvgIpc) is 1.95. The molecule has 0 aliphatic heterocycles. The van der Waals surface area contributed by atoms with Crippen LogP contribution in [0.1, 0.15) is 5.56 Å². The Bertz CT molecular complexity index is 250. The molecule has 0 radical (unpaired) electrons. The van der Waals surface area contributed by atoms with Crippen molar-refractivity contribution in [1.29, 1.82) is 0 Å². The van der Waals surface area contributed by atoms with Crippen LogP contribution in [0.5, 0.6) is 0 Å². The van der Waals surface area contributed by atoms with E-state index >= 15 is 0 Å². The number of nitrogens with one attached hydrogen (secondary N) is 1. The first-order chi connectivity index (χ1) is 5.24. The first-order valence-electron chi connectivity index (χ1n) is 3.32. The molecule has 1 aromatic carbocycles. The Morgan fingerprint density at radius 1 is 1.55 bits per heavy atom. The van der Waals surface area contributed by atoms with E-state index in [9.17, 15) is 0 Å². The topological polar surface area (TPSA) is 12.0 Å². The van der Waals surface area contributed by atoms with Crippen LogP contribution < -0.4 is 5.32 Å². The third kappa shape index (κ3) is 2.47. The summed E-state index contributed by atoms with van der Waals surface area (Å²) in [6, 6.07) is 5.79. The van der Waals surface area contributed by atoms with Gasteiger partial charge < -0.3 is 5.32 Å². The summed E-state index contributed by atoms with van der Waals surface area (Å²) >= 11 is 9.19. The van der Waals surface area contributed by atoms with Gasteiger partial charge in [0.1, 0.15) is 0 Å². The molecule has 0 unspecified atom stereocenters. The minimum Gasteiger partial charge on any atom is -0.316 e. The first-order valence-corrected chi connectivity index (χ1v) is 4.49. The standard InChI is InChI=1S/C8H9BrClN/c1-11-5-6-2-3-7(10)4-8(6)9/h2-4,11H,5H2,1H3. The van der Waals surface area contributed by atoms with Gasteiger partial charge in [0.25, 0.3) is 0 Å². The van der Waals surface area contributed by atoms with Crippen molar-refractivity contribution in [3.63, 3.8) is 0 Å². The smallest absolute Gasteiger partial charge is 0.0417 e. The van der Waals surface area contributed by atoms with Crippen molar-refractivity contribution in [3.05, 3.63) is 33.3 Å². The Hall–Kier alpha value is -0.0500. The molecule has 0 saturated heterocycles. The van der Waals surface area contributed by atoms with Crippen LogP contribution in [-0.4, -0.2) is 7.05 Å². The van der Waals surface area contributed by atoms with Gasteiger partial charge in [-0.3, -0.25) is 0 Å². The van der Waals surface area contributed by atoms with Crippen LogP contribution in [0.4, 0.5) is 0 Å². The molecule has 1 aromatic rings. The van der Waals surface area contributed by atoms with Crippen molar-refractivity contribution < 1.29 is 0 Å². The highest BCUT2D eigenvalue weighted by Gasteiger charge is 1.97. The minimum atomic E-state index is 0.761. The van der Waals surface area contributed by atoms with E-state index in [-0.39, 0.29) is 0 Å². The van der Waals surface area contributed by atoms with Gasteiger partial charge in [-0.25, -0.2) is 0 Å². The highest BCUT2D eigenvalue weighted by atomic mass is 79.9. The molecule has 0 heterocycles. The second-order valence-electron chi connectivity index (χ2n) is 2.27. The molecule has 3 heteroatoms. The molecule has 0 bridgehead atoms. The zero-order valence-electron chi connectivity index (χ0n) is 6.20. The Balaban J connectivity index is 2.90. The van der Waals surface area contributed by atoms with Gasteiger partial charge in [0.05, 0.1) is 0 Å². The second-order valence-corrected chi connectivity index (χ2v) is 3.56. The molecule has 0 aliphatic rings. The fraction of sp³-hybridized carbons (Fsp3) is 0.250. The molecule has 0 aliphatic carbocycles. The quantitative estimate of drug-likeness (QED) is 0.830. The third-order valence-corrected chi connectivity index (χ3v) is 2.36. The van der Waals surface area contributed by atoms with Gasteiger partial charge in [-0.1, -0.05) is 33.6 Å². The lowest BCUT2D eigenvalue weighted by atomic mass is 10.2. The van der Waals surface area contributed by atoms with Crippen molar-refractivity contribution in [2.24, 2.45) is 0 Å². The predicted molar refractivity (Wildman–Crippen MR) is 51.9 cm³/mol. The number of hydrogen-bond acceptors (Lipinski definition) is 1. The molecule has 0 aromatic heterocycles. The van der Waals surface area contributed by atoms with E-state index in [1.54, 1.807) is 0 Å². The largest absolute Gasteiger partial charge is 0.316 e. The van der Waals surface area contributed by atoms with E-state index in [4.69, 9.17) is 11.6 Å². The van der Waals surface area contributed by atoms with Gasteiger partial charge in [-0.2, -0.15) is 0 Å². The SMILES string of the molecule is CNCc1ccc(Cl)cc1Br. The number of rotatable bonds is 2. The highest BCUT2D eigenvalue weighted by Crippen LogP contribution is 2.20. The summed E-state index contributed by atoms with van der Waals surface area (Å²) in [5.41, 5.74) is 1.22. The lowest BCUT2D eigenvalue weighted by Gasteiger charge is -2.02. The van der Waals surface area contributed by atoms with Crippen molar-refractivity contribution >= 4 is 27.5 Å². The van der Waals surface area contributed by atoms with Gasteiger partial charge >= 0.3 is 0 Å². The molecule has 1 nitrogen and oxygen atoms in total. The number of benzene rings is 1. The summed E-state index contributed by atoms with van der Waals surface area (Å²) in [6.07, 6.45) is 0. The average molecular weight is 235 g/mol. The van der Waals surface area contributed by atoms with Crippen LogP contribution in [-0.2, 0) is 6.54 Å². The van der Waals surface area contributed by atoms with Crippen LogP contribution in [0, 0.1) is 0 Å².